The van der Waals surface area contributed by atoms with Crippen LogP contribution >= 0.6 is 0 Å². The summed E-state index contributed by atoms with van der Waals surface area (Å²) in [7, 11) is -3.51. The molecular formula is C15H21N5O2S. The summed E-state index contributed by atoms with van der Waals surface area (Å²) in [5.41, 5.74) is 1.57. The van der Waals surface area contributed by atoms with Gasteiger partial charge in [-0.05, 0) is 59.9 Å². The largest absolute Gasteiger partial charge is 0.240 e. The maximum Gasteiger partial charge on any atom is 0.240 e. The average molecular weight is 335 g/mol. The molecule has 1 aliphatic rings. The molecule has 1 saturated carbocycles. The van der Waals surface area contributed by atoms with E-state index in [4.69, 9.17) is 0 Å². The van der Waals surface area contributed by atoms with E-state index in [9.17, 15) is 8.42 Å². The molecule has 124 valence electrons. The van der Waals surface area contributed by atoms with Crippen LogP contribution in [0.15, 0.2) is 29.4 Å². The van der Waals surface area contributed by atoms with Crippen LogP contribution in [0.4, 0.5) is 0 Å². The fourth-order valence-corrected chi connectivity index (χ4v) is 4.55. The number of hydrogen-bond acceptors (Lipinski definition) is 5. The van der Waals surface area contributed by atoms with Crippen LogP contribution in [0.5, 0.6) is 0 Å². The minimum Gasteiger partial charge on any atom is -0.208 e. The molecule has 0 aliphatic heterocycles. The summed E-state index contributed by atoms with van der Waals surface area (Å²) in [5, 5.41) is 11.0. The van der Waals surface area contributed by atoms with Gasteiger partial charge in [0, 0.05) is 6.04 Å². The normalized spacial score (nSPS) is 22.2. The molecular weight excluding hydrogens is 314 g/mol. The lowest BCUT2D eigenvalue weighted by Crippen LogP contribution is -2.41. The molecule has 1 aromatic heterocycles. The van der Waals surface area contributed by atoms with Gasteiger partial charge in [0.1, 0.15) is 6.33 Å². The lowest BCUT2D eigenvalue weighted by atomic mass is 9.87. The Labute approximate surface area is 136 Å². The van der Waals surface area contributed by atoms with Crippen molar-refractivity contribution in [2.45, 2.75) is 50.5 Å². The Balaban J connectivity index is 1.84. The van der Waals surface area contributed by atoms with Crippen molar-refractivity contribution in [3.05, 3.63) is 30.1 Å². The third-order valence-electron chi connectivity index (χ3n) is 4.49. The maximum atomic E-state index is 12.6. The molecule has 8 heteroatoms. The molecule has 0 radical (unpaired) electrons. The number of tetrazole rings is 1. The number of nitrogens with zero attached hydrogens (tertiary/aromatic N) is 4. The Kier molecular flexibility index (Phi) is 4.45. The molecule has 0 bridgehead atoms. The zero-order valence-corrected chi connectivity index (χ0v) is 14.1. The van der Waals surface area contributed by atoms with Crippen LogP contribution < -0.4 is 4.72 Å². The number of benzene rings is 1. The first-order valence-corrected chi connectivity index (χ1v) is 9.32. The van der Waals surface area contributed by atoms with Crippen molar-refractivity contribution in [2.24, 2.45) is 5.92 Å². The SMILES string of the molecule is Cc1cc(S(=O)(=O)NC2CCCCC2C)ccc1-n1cnnn1. The van der Waals surface area contributed by atoms with Crippen LogP contribution in [0.25, 0.3) is 5.69 Å². The number of aromatic nitrogens is 4. The molecule has 1 fully saturated rings. The lowest BCUT2D eigenvalue weighted by Gasteiger charge is -2.29. The molecule has 2 atom stereocenters. The van der Waals surface area contributed by atoms with Crippen LogP contribution in [0.2, 0.25) is 0 Å². The van der Waals surface area contributed by atoms with E-state index in [-0.39, 0.29) is 10.9 Å². The van der Waals surface area contributed by atoms with Crippen molar-refractivity contribution < 1.29 is 8.42 Å². The summed E-state index contributed by atoms with van der Waals surface area (Å²) in [6, 6.07) is 5.00. The highest BCUT2D eigenvalue weighted by atomic mass is 32.2. The number of aryl methyl sites for hydroxylation is 1. The Hall–Kier alpha value is -1.80. The van der Waals surface area contributed by atoms with Crippen molar-refractivity contribution in [3.8, 4) is 5.69 Å². The van der Waals surface area contributed by atoms with Crippen LogP contribution in [-0.2, 0) is 10.0 Å². The fourth-order valence-electron chi connectivity index (χ4n) is 3.08. The van der Waals surface area contributed by atoms with Gasteiger partial charge in [0.15, 0.2) is 0 Å². The third kappa shape index (κ3) is 3.42. The minimum absolute atomic E-state index is 0.0215. The molecule has 2 aromatic rings. The molecule has 0 saturated heterocycles. The molecule has 23 heavy (non-hydrogen) atoms. The Bertz CT molecular complexity index is 773. The van der Waals surface area contributed by atoms with E-state index in [0.717, 1.165) is 30.5 Å². The molecule has 1 heterocycles. The molecule has 3 rings (SSSR count). The van der Waals surface area contributed by atoms with E-state index in [1.165, 1.54) is 17.4 Å². The Morgan fingerprint density at radius 2 is 2.04 bits per heavy atom. The number of nitrogens with one attached hydrogen (secondary N) is 1. The molecule has 1 aromatic carbocycles. The number of sulfonamides is 1. The van der Waals surface area contributed by atoms with Crippen LogP contribution in [0.3, 0.4) is 0 Å². The second kappa shape index (κ2) is 6.37. The van der Waals surface area contributed by atoms with Gasteiger partial charge < -0.3 is 0 Å². The van der Waals surface area contributed by atoms with Gasteiger partial charge in [-0.15, -0.1) is 5.10 Å². The fraction of sp³-hybridized carbons (Fsp3) is 0.533. The summed E-state index contributed by atoms with van der Waals surface area (Å²) in [6.07, 6.45) is 5.72. The van der Waals surface area contributed by atoms with E-state index >= 15 is 0 Å². The van der Waals surface area contributed by atoms with E-state index < -0.39 is 10.0 Å². The van der Waals surface area contributed by atoms with Crippen molar-refractivity contribution in [3.63, 3.8) is 0 Å². The minimum atomic E-state index is -3.51. The Morgan fingerprint density at radius 1 is 1.26 bits per heavy atom. The second-order valence-corrected chi connectivity index (χ2v) is 7.91. The molecule has 2 unspecified atom stereocenters. The van der Waals surface area contributed by atoms with Crippen LogP contribution in [0, 0.1) is 12.8 Å². The van der Waals surface area contributed by atoms with Crippen molar-refractivity contribution in [2.75, 3.05) is 0 Å². The van der Waals surface area contributed by atoms with Gasteiger partial charge in [-0.25, -0.2) is 17.8 Å². The second-order valence-electron chi connectivity index (χ2n) is 6.19. The molecule has 0 spiro atoms. The first-order valence-electron chi connectivity index (χ1n) is 7.84. The number of hydrogen-bond donors (Lipinski definition) is 1. The lowest BCUT2D eigenvalue weighted by molar-refractivity contribution is 0.310. The maximum absolute atomic E-state index is 12.6. The summed E-state index contributed by atoms with van der Waals surface area (Å²) in [5.74, 6) is 0.375. The third-order valence-corrected chi connectivity index (χ3v) is 5.98. The topological polar surface area (TPSA) is 89.8 Å². The van der Waals surface area contributed by atoms with E-state index in [1.54, 1.807) is 18.2 Å². The van der Waals surface area contributed by atoms with E-state index in [1.807, 2.05) is 6.92 Å². The zero-order chi connectivity index (χ0) is 16.4. The summed E-state index contributed by atoms with van der Waals surface area (Å²) >= 11 is 0. The number of rotatable bonds is 4. The highest BCUT2D eigenvalue weighted by molar-refractivity contribution is 7.89. The summed E-state index contributed by atoms with van der Waals surface area (Å²) in [6.45, 7) is 3.96. The standard InChI is InChI=1S/C15H21N5O2S/c1-11-5-3-4-6-14(11)17-23(21,22)13-7-8-15(12(2)9-13)20-10-16-18-19-20/h7-11,14,17H,3-6H2,1-2H3. The van der Waals surface area contributed by atoms with Gasteiger partial charge in [0.25, 0.3) is 0 Å². The Morgan fingerprint density at radius 3 is 2.70 bits per heavy atom. The molecule has 0 amide bonds. The summed E-state index contributed by atoms with van der Waals surface area (Å²) < 4.78 is 29.7. The monoisotopic (exact) mass is 335 g/mol. The van der Waals surface area contributed by atoms with Gasteiger partial charge in [-0.1, -0.05) is 19.8 Å². The first kappa shape index (κ1) is 16.1. The average Bonchev–Trinajstić information content (AvgIpc) is 3.03. The highest BCUT2D eigenvalue weighted by Gasteiger charge is 2.27. The summed E-state index contributed by atoms with van der Waals surface area (Å²) in [4.78, 5) is 0.282. The van der Waals surface area contributed by atoms with Gasteiger partial charge >= 0.3 is 0 Å². The van der Waals surface area contributed by atoms with Crippen LogP contribution in [0.1, 0.15) is 38.2 Å². The first-order chi connectivity index (χ1) is 11.0. The predicted octanol–water partition coefficient (Wildman–Crippen LogP) is 1.83. The van der Waals surface area contributed by atoms with Gasteiger partial charge in [-0.2, -0.15) is 0 Å². The highest BCUT2D eigenvalue weighted by Crippen LogP contribution is 2.26. The molecule has 1 N–H and O–H groups in total. The van der Waals surface area contributed by atoms with Gasteiger partial charge in [0.2, 0.25) is 10.0 Å². The van der Waals surface area contributed by atoms with Crippen LogP contribution in [-0.4, -0.2) is 34.7 Å². The van der Waals surface area contributed by atoms with Crippen molar-refractivity contribution in [1.82, 2.24) is 24.9 Å². The zero-order valence-electron chi connectivity index (χ0n) is 13.3. The molecule has 7 nitrogen and oxygen atoms in total. The smallest absolute Gasteiger partial charge is 0.208 e. The van der Waals surface area contributed by atoms with Gasteiger partial charge in [-0.3, -0.25) is 0 Å². The van der Waals surface area contributed by atoms with Crippen molar-refractivity contribution >= 4 is 10.0 Å². The quantitative estimate of drug-likeness (QED) is 0.920. The predicted molar refractivity (Wildman–Crippen MR) is 85.6 cm³/mol. The van der Waals surface area contributed by atoms with Crippen molar-refractivity contribution in [1.29, 1.82) is 0 Å². The van der Waals surface area contributed by atoms with E-state index in [2.05, 4.69) is 27.2 Å². The molecule has 1 aliphatic carbocycles. The van der Waals surface area contributed by atoms with Gasteiger partial charge in [0.05, 0.1) is 10.6 Å². The van der Waals surface area contributed by atoms with E-state index in [0.29, 0.717) is 5.92 Å².